The van der Waals surface area contributed by atoms with Crippen LogP contribution in [0, 0.1) is 5.92 Å². The molecule has 37 heavy (non-hydrogen) atoms. The van der Waals surface area contributed by atoms with Gasteiger partial charge in [0.2, 0.25) is 11.8 Å². The van der Waals surface area contributed by atoms with E-state index in [2.05, 4.69) is 20.7 Å². The van der Waals surface area contributed by atoms with Gasteiger partial charge in [0.1, 0.15) is 6.04 Å². The van der Waals surface area contributed by atoms with Crippen LogP contribution in [0.5, 0.6) is 0 Å². The number of imide groups is 1. The molecule has 0 saturated carbocycles. The Morgan fingerprint density at radius 2 is 2.03 bits per heavy atom. The summed E-state index contributed by atoms with van der Waals surface area (Å²) in [4.78, 5) is 53.4. The lowest BCUT2D eigenvalue weighted by molar-refractivity contribution is -0.136. The summed E-state index contributed by atoms with van der Waals surface area (Å²) in [6, 6.07) is 4.62. The van der Waals surface area contributed by atoms with Gasteiger partial charge >= 0.3 is 0 Å². The Kier molecular flexibility index (Phi) is 6.32. The van der Waals surface area contributed by atoms with Crippen LogP contribution < -0.4 is 5.32 Å². The Morgan fingerprint density at radius 3 is 2.73 bits per heavy atom. The average molecular weight is 505 g/mol. The van der Waals surface area contributed by atoms with Crippen molar-refractivity contribution in [2.24, 2.45) is 13.0 Å². The lowest BCUT2D eigenvalue weighted by Crippen LogP contribution is -2.52. The number of piperidine rings is 1. The lowest BCUT2D eigenvalue weighted by atomic mass is 10.0. The molecule has 0 spiro atoms. The molecular weight excluding hydrogens is 476 g/mol. The molecule has 12 nitrogen and oxygen atoms in total. The molecule has 192 valence electrons. The van der Waals surface area contributed by atoms with Crippen molar-refractivity contribution in [2.75, 3.05) is 6.54 Å². The molecule has 2 aromatic heterocycles. The molecule has 1 fully saturated rings. The van der Waals surface area contributed by atoms with Crippen LogP contribution in [0.1, 0.15) is 58.7 Å². The first kappa shape index (κ1) is 24.3. The monoisotopic (exact) mass is 504 g/mol. The summed E-state index contributed by atoms with van der Waals surface area (Å²) in [5.74, 6) is -1.04. The highest BCUT2D eigenvalue weighted by atomic mass is 16.2. The van der Waals surface area contributed by atoms with Crippen LogP contribution in [0.3, 0.4) is 0 Å². The standard InChI is InChI=1S/C25H28N8O4/c1-15(2)10-31(12-16-9-26-30(3)11-16)25(37)20-14-33(29-28-20)18-5-4-17-13-32(24(36)19(17)8-18)21-6-7-22(34)27-23(21)35/h4-5,8-9,11,14-15,21H,6-7,10,12-13H2,1-3H3,(H,27,34,35). The minimum absolute atomic E-state index is 0.196. The van der Waals surface area contributed by atoms with Crippen molar-refractivity contribution in [3.8, 4) is 5.69 Å². The molecule has 0 aliphatic carbocycles. The van der Waals surface area contributed by atoms with Crippen LogP contribution in [0.2, 0.25) is 0 Å². The van der Waals surface area contributed by atoms with E-state index in [0.29, 0.717) is 37.3 Å². The van der Waals surface area contributed by atoms with E-state index in [0.717, 1.165) is 11.1 Å². The zero-order valence-electron chi connectivity index (χ0n) is 20.9. The number of amides is 4. The molecule has 2 aliphatic rings. The second kappa shape index (κ2) is 9.60. The summed E-state index contributed by atoms with van der Waals surface area (Å²) >= 11 is 0. The number of benzene rings is 1. The van der Waals surface area contributed by atoms with Crippen LogP contribution in [0.4, 0.5) is 0 Å². The Hall–Kier alpha value is -4.35. The highest BCUT2D eigenvalue weighted by Gasteiger charge is 2.39. The van der Waals surface area contributed by atoms with Crippen molar-refractivity contribution < 1.29 is 19.2 Å². The molecule has 2 aliphatic heterocycles. The van der Waals surface area contributed by atoms with Crippen molar-refractivity contribution in [3.63, 3.8) is 0 Å². The summed E-state index contributed by atoms with van der Waals surface area (Å²) in [7, 11) is 1.83. The number of nitrogens with zero attached hydrogens (tertiary/aromatic N) is 7. The summed E-state index contributed by atoms with van der Waals surface area (Å²) in [5.41, 5.74) is 2.94. The van der Waals surface area contributed by atoms with Crippen molar-refractivity contribution in [2.45, 2.75) is 45.8 Å². The lowest BCUT2D eigenvalue weighted by Gasteiger charge is -2.29. The number of nitrogens with one attached hydrogen (secondary N) is 1. The zero-order chi connectivity index (χ0) is 26.3. The van der Waals surface area contributed by atoms with Crippen molar-refractivity contribution >= 4 is 23.6 Å². The second-order valence-electron chi connectivity index (χ2n) is 9.89. The summed E-state index contributed by atoms with van der Waals surface area (Å²) in [6.07, 6.45) is 5.66. The van der Waals surface area contributed by atoms with E-state index in [-0.39, 0.29) is 35.8 Å². The van der Waals surface area contributed by atoms with Gasteiger partial charge in [0, 0.05) is 50.4 Å². The Bertz CT molecular complexity index is 1390. The maximum absolute atomic E-state index is 13.3. The number of rotatable bonds is 7. The molecule has 4 amide bonds. The first-order valence-corrected chi connectivity index (χ1v) is 12.2. The van der Waals surface area contributed by atoms with E-state index in [1.54, 1.807) is 34.1 Å². The van der Waals surface area contributed by atoms with E-state index < -0.39 is 11.9 Å². The third kappa shape index (κ3) is 4.86. The fourth-order valence-corrected chi connectivity index (χ4v) is 4.77. The zero-order valence-corrected chi connectivity index (χ0v) is 20.9. The summed E-state index contributed by atoms with van der Waals surface area (Å²) < 4.78 is 3.16. The molecule has 0 radical (unpaired) electrons. The smallest absolute Gasteiger partial charge is 0.276 e. The SMILES string of the molecule is CC(C)CN(Cc1cnn(C)c1)C(=O)c1cn(-c2ccc3c(c2)C(=O)N(C2CCC(=O)NC2=O)C3)nn1. The van der Waals surface area contributed by atoms with Crippen molar-refractivity contribution in [3.05, 3.63) is 59.2 Å². The van der Waals surface area contributed by atoms with Gasteiger partial charge in [-0.3, -0.25) is 29.2 Å². The Labute approximate surface area is 213 Å². The van der Waals surface area contributed by atoms with E-state index >= 15 is 0 Å². The largest absolute Gasteiger partial charge is 0.333 e. The molecule has 1 atom stereocenters. The number of carbonyl (C=O) groups excluding carboxylic acids is 4. The predicted octanol–water partition coefficient (Wildman–Crippen LogP) is 1.06. The molecule has 5 rings (SSSR count). The van der Waals surface area contributed by atoms with Gasteiger partial charge in [-0.05, 0) is 30.0 Å². The third-order valence-corrected chi connectivity index (χ3v) is 6.49. The number of hydrogen-bond donors (Lipinski definition) is 1. The molecule has 1 saturated heterocycles. The quantitative estimate of drug-likeness (QED) is 0.475. The van der Waals surface area contributed by atoms with Crippen molar-refractivity contribution in [1.82, 2.24) is 39.9 Å². The number of fused-ring (bicyclic) bond motifs is 1. The van der Waals surface area contributed by atoms with Gasteiger partial charge < -0.3 is 9.80 Å². The fourth-order valence-electron chi connectivity index (χ4n) is 4.77. The normalized spacial score (nSPS) is 17.4. The molecule has 12 heteroatoms. The van der Waals surface area contributed by atoms with E-state index in [4.69, 9.17) is 0 Å². The number of hydrogen-bond acceptors (Lipinski definition) is 7. The van der Waals surface area contributed by atoms with Gasteiger partial charge in [0.15, 0.2) is 5.69 Å². The summed E-state index contributed by atoms with van der Waals surface area (Å²) in [6.45, 7) is 5.33. The third-order valence-electron chi connectivity index (χ3n) is 6.49. The van der Waals surface area contributed by atoms with Crippen LogP contribution in [0.25, 0.3) is 5.69 Å². The molecule has 1 N–H and O–H groups in total. The molecule has 4 heterocycles. The number of aromatic nitrogens is 5. The first-order chi connectivity index (χ1) is 17.7. The van der Waals surface area contributed by atoms with Crippen LogP contribution in [0.15, 0.2) is 36.8 Å². The van der Waals surface area contributed by atoms with E-state index in [1.165, 1.54) is 9.58 Å². The Morgan fingerprint density at radius 1 is 1.22 bits per heavy atom. The predicted molar refractivity (Wildman–Crippen MR) is 130 cm³/mol. The number of carbonyl (C=O) groups is 4. The van der Waals surface area contributed by atoms with Gasteiger partial charge in [-0.25, -0.2) is 4.68 Å². The van der Waals surface area contributed by atoms with Gasteiger partial charge in [-0.1, -0.05) is 25.1 Å². The van der Waals surface area contributed by atoms with Crippen molar-refractivity contribution in [1.29, 1.82) is 0 Å². The van der Waals surface area contributed by atoms with Gasteiger partial charge in [0.05, 0.1) is 18.1 Å². The molecule has 0 bridgehead atoms. The van der Waals surface area contributed by atoms with Gasteiger partial charge in [0.25, 0.3) is 11.8 Å². The minimum atomic E-state index is -0.677. The highest BCUT2D eigenvalue weighted by Crippen LogP contribution is 2.29. The first-order valence-electron chi connectivity index (χ1n) is 12.2. The number of aryl methyl sites for hydroxylation is 1. The maximum atomic E-state index is 13.3. The second-order valence-corrected chi connectivity index (χ2v) is 9.89. The van der Waals surface area contributed by atoms with E-state index in [1.807, 2.05) is 33.2 Å². The Balaban J connectivity index is 1.34. The summed E-state index contributed by atoms with van der Waals surface area (Å²) in [5, 5.41) is 14.7. The van der Waals surface area contributed by atoms with Crippen LogP contribution in [-0.4, -0.2) is 70.8 Å². The maximum Gasteiger partial charge on any atom is 0.276 e. The van der Waals surface area contributed by atoms with Crippen LogP contribution in [-0.2, 0) is 29.7 Å². The van der Waals surface area contributed by atoms with Gasteiger partial charge in [-0.2, -0.15) is 5.10 Å². The topological polar surface area (TPSA) is 135 Å². The highest BCUT2D eigenvalue weighted by molar-refractivity contribution is 6.05. The fraction of sp³-hybridized carbons (Fsp3) is 0.400. The molecule has 1 aromatic carbocycles. The molecular formula is C25H28N8O4. The minimum Gasteiger partial charge on any atom is -0.333 e. The molecule has 1 unspecified atom stereocenters. The van der Waals surface area contributed by atoms with E-state index in [9.17, 15) is 19.2 Å². The van der Waals surface area contributed by atoms with Gasteiger partial charge in [-0.15, -0.1) is 5.10 Å². The molecule has 3 aromatic rings. The van der Waals surface area contributed by atoms with Crippen LogP contribution >= 0.6 is 0 Å². The average Bonchev–Trinajstić information content (AvgIpc) is 3.57.